The molecule has 0 aliphatic carbocycles. The molecule has 0 radical (unpaired) electrons. The minimum absolute atomic E-state index is 0.610. The van der Waals surface area contributed by atoms with Crippen molar-refractivity contribution in [2.24, 2.45) is 0 Å². The zero-order valence-electron chi connectivity index (χ0n) is 11.5. The van der Waals surface area contributed by atoms with Crippen LogP contribution >= 0.6 is 0 Å². The molecule has 2 aromatic rings. The third-order valence-electron chi connectivity index (χ3n) is 4.17. The van der Waals surface area contributed by atoms with Crippen molar-refractivity contribution < 1.29 is 0 Å². The maximum absolute atomic E-state index is 2.49. The van der Waals surface area contributed by atoms with Gasteiger partial charge in [-0.1, -0.05) is 61.0 Å². The van der Waals surface area contributed by atoms with Gasteiger partial charge in [0.05, 0.1) is 0 Å². The van der Waals surface area contributed by atoms with Gasteiger partial charge in [0.1, 0.15) is 0 Å². The lowest BCUT2D eigenvalue weighted by molar-refractivity contribution is 0.187. The molecule has 1 saturated heterocycles. The molecule has 2 aromatic carbocycles. The molecule has 98 valence electrons. The van der Waals surface area contributed by atoms with Gasteiger partial charge in [-0.05, 0) is 43.1 Å². The van der Waals surface area contributed by atoms with E-state index in [-0.39, 0.29) is 0 Å². The van der Waals surface area contributed by atoms with Gasteiger partial charge < -0.3 is 0 Å². The molecule has 1 unspecified atom stereocenters. The number of rotatable bonds is 2. The van der Waals surface area contributed by atoms with Crippen LogP contribution in [0, 0.1) is 0 Å². The number of hydrogen-bond donors (Lipinski definition) is 0. The van der Waals surface area contributed by atoms with Crippen molar-refractivity contribution in [3.63, 3.8) is 0 Å². The summed E-state index contributed by atoms with van der Waals surface area (Å²) in [5, 5.41) is 0. The van der Waals surface area contributed by atoms with Crippen molar-refractivity contribution >= 4 is 0 Å². The Kier molecular flexibility index (Phi) is 3.65. The summed E-state index contributed by atoms with van der Waals surface area (Å²) in [4.78, 5) is 2.49. The van der Waals surface area contributed by atoms with E-state index in [9.17, 15) is 0 Å². The zero-order chi connectivity index (χ0) is 13.1. The highest BCUT2D eigenvalue weighted by atomic mass is 15.1. The van der Waals surface area contributed by atoms with Crippen molar-refractivity contribution in [1.29, 1.82) is 0 Å². The lowest BCUT2D eigenvalue weighted by atomic mass is 9.94. The molecular formula is C18H21N. The fourth-order valence-electron chi connectivity index (χ4n) is 3.02. The van der Waals surface area contributed by atoms with Gasteiger partial charge in [0.15, 0.2) is 0 Å². The van der Waals surface area contributed by atoms with Gasteiger partial charge in [0.25, 0.3) is 0 Å². The van der Waals surface area contributed by atoms with Gasteiger partial charge in [-0.3, -0.25) is 4.90 Å². The molecule has 1 aliphatic rings. The second kappa shape index (κ2) is 5.58. The van der Waals surface area contributed by atoms with E-state index >= 15 is 0 Å². The van der Waals surface area contributed by atoms with E-state index in [2.05, 4.69) is 66.5 Å². The maximum atomic E-state index is 2.49. The van der Waals surface area contributed by atoms with Crippen LogP contribution in [0.1, 0.15) is 30.9 Å². The predicted octanol–water partition coefficient (Wildman–Crippen LogP) is 4.51. The predicted molar refractivity (Wildman–Crippen MR) is 81.1 cm³/mol. The molecule has 0 saturated carbocycles. The molecule has 0 N–H and O–H groups in total. The number of piperidine rings is 1. The van der Waals surface area contributed by atoms with E-state index < -0.39 is 0 Å². The van der Waals surface area contributed by atoms with Gasteiger partial charge in [0, 0.05) is 6.04 Å². The Morgan fingerprint density at radius 2 is 1.53 bits per heavy atom. The molecule has 1 heteroatoms. The average molecular weight is 251 g/mol. The summed E-state index contributed by atoms with van der Waals surface area (Å²) < 4.78 is 0. The molecule has 1 atom stereocenters. The molecule has 3 rings (SSSR count). The second-order valence-corrected chi connectivity index (χ2v) is 5.48. The smallest absolute Gasteiger partial charge is 0.0345 e. The molecule has 0 bridgehead atoms. The number of hydrogen-bond acceptors (Lipinski definition) is 1. The van der Waals surface area contributed by atoms with Gasteiger partial charge in [-0.25, -0.2) is 0 Å². The summed E-state index contributed by atoms with van der Waals surface area (Å²) >= 11 is 0. The third-order valence-corrected chi connectivity index (χ3v) is 4.17. The minimum Gasteiger partial charge on any atom is -0.299 e. The fourth-order valence-corrected chi connectivity index (χ4v) is 3.02. The molecule has 1 nitrogen and oxygen atoms in total. The van der Waals surface area contributed by atoms with Crippen LogP contribution < -0.4 is 0 Å². The lowest BCUT2D eigenvalue weighted by Gasteiger charge is -2.32. The van der Waals surface area contributed by atoms with Crippen LogP contribution in [0.15, 0.2) is 54.6 Å². The zero-order valence-corrected chi connectivity index (χ0v) is 11.5. The standard InChI is InChI=1S/C18H21N/c1-19-14-6-5-9-18(19)17-12-10-16(11-13-17)15-7-3-2-4-8-15/h2-4,7-8,10-13,18H,5-6,9,14H2,1H3. The monoisotopic (exact) mass is 251 g/mol. The van der Waals surface area contributed by atoms with Gasteiger partial charge in [-0.2, -0.15) is 0 Å². The van der Waals surface area contributed by atoms with E-state index in [0.29, 0.717) is 6.04 Å². The van der Waals surface area contributed by atoms with Crippen molar-refractivity contribution in [1.82, 2.24) is 4.90 Å². The van der Waals surface area contributed by atoms with Crippen molar-refractivity contribution in [3.8, 4) is 11.1 Å². The van der Waals surface area contributed by atoms with Crippen LogP contribution in [0.3, 0.4) is 0 Å². The lowest BCUT2D eigenvalue weighted by Crippen LogP contribution is -2.29. The van der Waals surface area contributed by atoms with Crippen molar-refractivity contribution in [2.75, 3.05) is 13.6 Å². The fraction of sp³-hybridized carbons (Fsp3) is 0.333. The first kappa shape index (κ1) is 12.4. The molecule has 0 amide bonds. The Hall–Kier alpha value is -1.60. The van der Waals surface area contributed by atoms with Crippen LogP contribution in [0.25, 0.3) is 11.1 Å². The summed E-state index contributed by atoms with van der Waals surface area (Å²) in [6, 6.07) is 20.3. The molecule has 0 aromatic heterocycles. The number of benzene rings is 2. The Labute approximate surface area is 115 Å². The highest BCUT2D eigenvalue weighted by Crippen LogP contribution is 2.30. The van der Waals surface area contributed by atoms with Crippen LogP contribution in [0.5, 0.6) is 0 Å². The van der Waals surface area contributed by atoms with E-state index in [1.54, 1.807) is 0 Å². The quantitative estimate of drug-likeness (QED) is 0.759. The number of nitrogens with zero attached hydrogens (tertiary/aromatic N) is 1. The van der Waals surface area contributed by atoms with E-state index in [4.69, 9.17) is 0 Å². The summed E-state index contributed by atoms with van der Waals surface area (Å²) in [5.74, 6) is 0. The van der Waals surface area contributed by atoms with Crippen LogP contribution in [-0.2, 0) is 0 Å². The van der Waals surface area contributed by atoms with Gasteiger partial charge >= 0.3 is 0 Å². The van der Waals surface area contributed by atoms with Gasteiger partial charge in [0.2, 0.25) is 0 Å². The van der Waals surface area contributed by atoms with Crippen LogP contribution in [0.4, 0.5) is 0 Å². The van der Waals surface area contributed by atoms with Crippen molar-refractivity contribution in [2.45, 2.75) is 25.3 Å². The molecular weight excluding hydrogens is 230 g/mol. The molecule has 1 heterocycles. The highest BCUT2D eigenvalue weighted by molar-refractivity contribution is 5.63. The summed E-state index contributed by atoms with van der Waals surface area (Å²) in [7, 11) is 2.24. The highest BCUT2D eigenvalue weighted by Gasteiger charge is 2.20. The first-order valence-corrected chi connectivity index (χ1v) is 7.20. The van der Waals surface area contributed by atoms with Crippen molar-refractivity contribution in [3.05, 3.63) is 60.2 Å². The van der Waals surface area contributed by atoms with E-state index in [0.717, 1.165) is 0 Å². The van der Waals surface area contributed by atoms with Crippen LogP contribution in [-0.4, -0.2) is 18.5 Å². The summed E-state index contributed by atoms with van der Waals surface area (Å²) in [5.41, 5.74) is 4.07. The largest absolute Gasteiger partial charge is 0.299 e. The first-order chi connectivity index (χ1) is 9.34. The molecule has 1 fully saturated rings. The molecule has 19 heavy (non-hydrogen) atoms. The Balaban J connectivity index is 1.83. The third kappa shape index (κ3) is 2.71. The Morgan fingerprint density at radius 1 is 0.842 bits per heavy atom. The molecule has 0 spiro atoms. The average Bonchev–Trinajstić information content (AvgIpc) is 2.49. The first-order valence-electron chi connectivity index (χ1n) is 7.20. The van der Waals surface area contributed by atoms with Gasteiger partial charge in [-0.15, -0.1) is 0 Å². The molecule has 1 aliphatic heterocycles. The number of likely N-dealkylation sites (tertiary alicyclic amines) is 1. The van der Waals surface area contributed by atoms with Crippen LogP contribution in [0.2, 0.25) is 0 Å². The second-order valence-electron chi connectivity index (χ2n) is 5.48. The normalized spacial score (nSPS) is 20.4. The van der Waals surface area contributed by atoms with E-state index in [1.165, 1.54) is 42.5 Å². The maximum Gasteiger partial charge on any atom is 0.0345 e. The Bertz CT molecular complexity index is 515. The SMILES string of the molecule is CN1CCCCC1c1ccc(-c2ccccc2)cc1. The minimum atomic E-state index is 0.610. The summed E-state index contributed by atoms with van der Waals surface area (Å²) in [6.45, 7) is 1.23. The van der Waals surface area contributed by atoms with E-state index in [1.807, 2.05) is 0 Å². The summed E-state index contributed by atoms with van der Waals surface area (Å²) in [6.07, 6.45) is 3.99. The topological polar surface area (TPSA) is 3.24 Å². The Morgan fingerprint density at radius 3 is 2.21 bits per heavy atom.